The van der Waals surface area contributed by atoms with Crippen molar-refractivity contribution in [2.24, 2.45) is 5.16 Å². The van der Waals surface area contributed by atoms with E-state index >= 15 is 0 Å². The molecule has 1 aliphatic heterocycles. The van der Waals surface area contributed by atoms with Crippen LogP contribution in [0.5, 0.6) is 5.75 Å². The maximum Gasteiger partial charge on any atom is 0.336 e. The Hall–Kier alpha value is -6.59. The maximum atomic E-state index is 13.1. The highest BCUT2D eigenvalue weighted by Gasteiger charge is 2.32. The Bertz CT molecular complexity index is 2660. The molecule has 5 rings (SSSR count). The van der Waals surface area contributed by atoms with Crippen LogP contribution in [0.15, 0.2) is 80.0 Å². The van der Waals surface area contributed by atoms with Crippen LogP contribution in [0, 0.1) is 0 Å². The number of aromatic carboxylic acids is 1. The number of amides is 3. The van der Waals surface area contributed by atoms with Crippen LogP contribution in [0.3, 0.4) is 0 Å². The van der Waals surface area contributed by atoms with Gasteiger partial charge in [-0.15, -0.1) is 0 Å². The highest BCUT2D eigenvalue weighted by Crippen LogP contribution is 2.45. The predicted molar refractivity (Wildman–Crippen MR) is 183 cm³/mol. The van der Waals surface area contributed by atoms with Crippen LogP contribution in [0.1, 0.15) is 47.9 Å². The third kappa shape index (κ3) is 7.48. The number of nitrogens with one attached hydrogen (secondary N) is 3. The van der Waals surface area contributed by atoms with E-state index in [1.165, 1.54) is 29.7 Å². The highest BCUT2D eigenvalue weighted by molar-refractivity contribution is 7.86. The monoisotopic (exact) mass is 785 g/mol. The fraction of sp³-hybridized carbons (Fsp3) is 0.0938. The number of phenolic OH excluding ortho intramolecular Hbond substituents is 1. The Morgan fingerprint density at radius 2 is 1.35 bits per heavy atom. The van der Waals surface area contributed by atoms with Crippen molar-refractivity contribution in [1.82, 2.24) is 16.1 Å². The molecule has 3 aromatic carbocycles. The van der Waals surface area contributed by atoms with Crippen LogP contribution < -0.4 is 27.2 Å². The third-order valence-corrected chi connectivity index (χ3v) is 9.76. The van der Waals surface area contributed by atoms with Gasteiger partial charge in [0.05, 0.1) is 16.8 Å². The molecule has 3 amide bonds. The van der Waals surface area contributed by atoms with Gasteiger partial charge in [0.1, 0.15) is 11.1 Å². The molecule has 282 valence electrons. The normalized spacial score (nSPS) is 12.1. The molecule has 54 heavy (non-hydrogen) atoms. The van der Waals surface area contributed by atoms with Crippen molar-refractivity contribution in [3.05, 3.63) is 88.3 Å². The van der Waals surface area contributed by atoms with Crippen molar-refractivity contribution < 1.29 is 70.2 Å². The van der Waals surface area contributed by atoms with Gasteiger partial charge in [0.15, 0.2) is 21.1 Å². The molecule has 3 aromatic rings. The fourth-order valence-corrected chi connectivity index (χ4v) is 7.07. The molecular formula is C32H27N5O15S2. The number of anilines is 1. The van der Waals surface area contributed by atoms with E-state index in [2.05, 4.69) is 15.8 Å². The van der Waals surface area contributed by atoms with E-state index < -0.39 is 87.4 Å². The van der Waals surface area contributed by atoms with Gasteiger partial charge in [-0.05, 0) is 66.6 Å². The van der Waals surface area contributed by atoms with Crippen LogP contribution in [0.25, 0.3) is 33.4 Å². The van der Waals surface area contributed by atoms with Gasteiger partial charge in [-0.3, -0.25) is 28.7 Å². The zero-order chi connectivity index (χ0) is 39.7. The molecule has 1 heterocycles. The Labute approximate surface area is 302 Å². The molecule has 20 nitrogen and oxygen atoms in total. The smallest absolute Gasteiger partial charge is 0.336 e. The summed E-state index contributed by atoms with van der Waals surface area (Å²) in [5.41, 5.74) is 4.22. The summed E-state index contributed by atoms with van der Waals surface area (Å²) in [6.07, 6.45) is 0.182. The summed E-state index contributed by atoms with van der Waals surface area (Å²) in [4.78, 5) is 47.5. The number of nitrogens with zero attached hydrogens (tertiary/aromatic N) is 1. The van der Waals surface area contributed by atoms with Crippen LogP contribution in [-0.4, -0.2) is 83.3 Å². The number of phenols is 1. The summed E-state index contributed by atoms with van der Waals surface area (Å²) >= 11 is 0. The van der Waals surface area contributed by atoms with Gasteiger partial charge in [0.2, 0.25) is 0 Å². The average Bonchev–Trinajstić information content (AvgIpc) is 3.11. The average molecular weight is 786 g/mol. The number of nitrogens with two attached hydrogens (primary N) is 1. The van der Waals surface area contributed by atoms with E-state index in [0.717, 1.165) is 36.4 Å². The summed E-state index contributed by atoms with van der Waals surface area (Å²) < 4.78 is 75.5. The van der Waals surface area contributed by atoms with Gasteiger partial charge in [-0.25, -0.2) is 10.3 Å². The molecule has 0 radical (unpaired) electrons. The molecule has 0 fully saturated rings. The molecule has 0 aromatic heterocycles. The molecule has 22 heteroatoms. The van der Waals surface area contributed by atoms with Crippen LogP contribution in [0.4, 0.5) is 5.69 Å². The van der Waals surface area contributed by atoms with E-state index in [-0.39, 0.29) is 58.3 Å². The minimum Gasteiger partial charge on any atom is -0.507 e. The van der Waals surface area contributed by atoms with Crippen LogP contribution in [0.2, 0.25) is 0 Å². The Balaban J connectivity index is 1.48. The summed E-state index contributed by atoms with van der Waals surface area (Å²) in [5, 5.41) is 45.3. The number of nitrogen functional groups attached to an aromatic ring is 1. The first kappa shape index (κ1) is 38.6. The predicted octanol–water partition coefficient (Wildman–Crippen LogP) is 1.64. The topological polar surface area (TPSA) is 346 Å². The lowest BCUT2D eigenvalue weighted by Gasteiger charge is -2.20. The molecular weight excluding hydrogens is 759 g/mol. The number of hydrogen-bond acceptors (Lipinski definition) is 14. The maximum absolute atomic E-state index is 13.1. The minimum atomic E-state index is -5.30. The number of hydrogen-bond donors (Lipinski definition) is 10. The largest absolute Gasteiger partial charge is 0.507 e. The minimum absolute atomic E-state index is 0.00400. The van der Waals surface area contributed by atoms with E-state index in [4.69, 9.17) is 15.4 Å². The van der Waals surface area contributed by atoms with Crippen LogP contribution >= 0.6 is 0 Å². The summed E-state index contributed by atoms with van der Waals surface area (Å²) in [7, 11) is -10.5. The number of benzene rings is 4. The van der Waals surface area contributed by atoms with Gasteiger partial charge in [-0.1, -0.05) is 11.2 Å². The van der Waals surface area contributed by atoms with Gasteiger partial charge >= 0.3 is 16.1 Å². The lowest BCUT2D eigenvalue weighted by molar-refractivity contribution is 0.0693. The van der Waals surface area contributed by atoms with Crippen molar-refractivity contribution in [3.8, 4) is 28.2 Å². The van der Waals surface area contributed by atoms with Crippen LogP contribution in [-0.2, 0) is 20.2 Å². The van der Waals surface area contributed by atoms with Crippen molar-refractivity contribution in [2.75, 3.05) is 18.8 Å². The van der Waals surface area contributed by atoms with Gasteiger partial charge in [0.25, 0.3) is 27.8 Å². The Kier molecular flexibility index (Phi) is 10.6. The molecule has 0 bridgehead atoms. The van der Waals surface area contributed by atoms with Crippen molar-refractivity contribution in [2.45, 2.75) is 16.2 Å². The van der Waals surface area contributed by atoms with Gasteiger partial charge in [-0.2, -0.15) is 16.8 Å². The fourth-order valence-electron chi connectivity index (χ4n) is 5.56. The van der Waals surface area contributed by atoms with E-state index in [1.807, 2.05) is 0 Å². The second kappa shape index (κ2) is 14.8. The molecule has 0 atom stereocenters. The number of hydroxylamine groups is 1. The Morgan fingerprint density at radius 1 is 0.759 bits per heavy atom. The molecule has 11 N–H and O–H groups in total. The zero-order valence-electron chi connectivity index (χ0n) is 27.1. The molecule has 0 saturated carbocycles. The number of carbonyl (C=O) groups is 4. The van der Waals surface area contributed by atoms with Gasteiger partial charge in [0, 0.05) is 40.7 Å². The summed E-state index contributed by atoms with van der Waals surface area (Å²) in [6.45, 7) is 0.0141. The van der Waals surface area contributed by atoms with E-state index in [9.17, 15) is 60.5 Å². The lowest BCUT2D eigenvalue weighted by Crippen LogP contribution is -2.30. The number of rotatable bonds is 11. The van der Waals surface area contributed by atoms with Gasteiger partial charge < -0.3 is 36.2 Å². The molecule has 1 aliphatic carbocycles. The molecule has 0 saturated heterocycles. The third-order valence-electron chi connectivity index (χ3n) is 7.91. The molecule has 2 aliphatic rings. The summed E-state index contributed by atoms with van der Waals surface area (Å²) in [6, 6.07) is 11.1. The quantitative estimate of drug-likeness (QED) is 0.0173. The SMILES string of the molecule is Nc1ccc2c(-c3ccc(C(=O)NCCCNC(=O)c4ccc(C(=O)NO)c(O)c4)cc3C(=O)O)c3cc/c(=N\O)c(S(=O)(=O)O)c-3oc2c1S(=O)(=O)O. The lowest BCUT2D eigenvalue weighted by atomic mass is 9.89. The van der Waals surface area contributed by atoms with E-state index in [0.29, 0.717) is 0 Å². The second-order valence-corrected chi connectivity index (χ2v) is 14.0. The highest BCUT2D eigenvalue weighted by atomic mass is 32.2. The number of carbonyl (C=O) groups excluding carboxylic acids is 3. The standard InChI is InChI=1S/C32H27N5O15S2/c33-21-8-6-18-24(19-7-9-22(36-44)28(54(49,50)51)26(19)52-25(18)27(21)53(46,47)48)16-4-2-14(12-20(16)32(42)43)29(39)34-10-1-11-35-30(40)15-3-5-17(23(38)13-15)31(41)37-45/h2-9,12-13,38,44-45H,1,10-11,33H2,(H,34,39)(H,35,40)(H,37,41)(H,42,43)(H,46,47,48)(H,49,50,51)/b36-22+. The molecule has 0 unspecified atom stereocenters. The first-order valence-electron chi connectivity index (χ1n) is 15.1. The summed E-state index contributed by atoms with van der Waals surface area (Å²) in [5.74, 6) is -5.32. The van der Waals surface area contributed by atoms with Crippen molar-refractivity contribution >= 4 is 60.6 Å². The number of carboxylic acid groups (broad SMARTS) is 1. The number of aromatic hydroxyl groups is 1. The number of carboxylic acids is 1. The first-order chi connectivity index (χ1) is 25.4. The van der Waals surface area contributed by atoms with Crippen molar-refractivity contribution in [3.63, 3.8) is 0 Å². The van der Waals surface area contributed by atoms with E-state index in [1.54, 1.807) is 0 Å². The molecule has 0 spiro atoms. The zero-order valence-corrected chi connectivity index (χ0v) is 28.7. The Morgan fingerprint density at radius 3 is 1.91 bits per heavy atom. The first-order valence-corrected chi connectivity index (χ1v) is 17.9. The second-order valence-electron chi connectivity index (χ2n) is 11.3. The number of fused-ring (bicyclic) bond motifs is 2. The van der Waals surface area contributed by atoms with Crippen molar-refractivity contribution in [1.29, 1.82) is 0 Å².